The number of methoxy groups -OCH3 is 2. The lowest BCUT2D eigenvalue weighted by Crippen LogP contribution is -2.24. The van der Waals surface area contributed by atoms with Crippen LogP contribution in [0.2, 0.25) is 5.02 Å². The summed E-state index contributed by atoms with van der Waals surface area (Å²) in [5.41, 5.74) is 7.45. The molecule has 0 saturated heterocycles. The Bertz CT molecular complexity index is 1100. The zero-order chi connectivity index (χ0) is 22.7. The fraction of sp³-hybridized carbons (Fsp3) is 0.333. The minimum atomic E-state index is 0.755. The van der Waals surface area contributed by atoms with Crippen LogP contribution >= 0.6 is 11.6 Å². The number of benzene rings is 3. The van der Waals surface area contributed by atoms with Crippen molar-refractivity contribution < 1.29 is 9.47 Å². The zero-order valence-electron chi connectivity index (χ0n) is 19.3. The first-order valence-corrected chi connectivity index (χ1v) is 11.4. The molecular formula is C27H31ClN2O2. The van der Waals surface area contributed by atoms with Gasteiger partial charge in [-0.25, -0.2) is 0 Å². The van der Waals surface area contributed by atoms with Crippen molar-refractivity contribution in [2.24, 2.45) is 0 Å². The number of ether oxygens (including phenoxy) is 2. The predicted octanol–water partition coefficient (Wildman–Crippen LogP) is 5.94. The van der Waals surface area contributed by atoms with Crippen molar-refractivity contribution in [3.05, 3.63) is 81.9 Å². The molecule has 0 amide bonds. The largest absolute Gasteiger partial charge is 0.493 e. The normalized spacial score (nSPS) is 12.9. The van der Waals surface area contributed by atoms with E-state index in [4.69, 9.17) is 21.1 Å². The molecule has 0 radical (unpaired) electrons. The second-order valence-electron chi connectivity index (χ2n) is 8.54. The minimum Gasteiger partial charge on any atom is -0.493 e. The lowest BCUT2D eigenvalue weighted by molar-refractivity contribution is 0.354. The first kappa shape index (κ1) is 22.5. The third-order valence-electron chi connectivity index (χ3n) is 6.08. The minimum absolute atomic E-state index is 0.755. The fourth-order valence-electron chi connectivity index (χ4n) is 4.48. The van der Waals surface area contributed by atoms with Crippen molar-refractivity contribution in [2.45, 2.75) is 19.3 Å². The smallest absolute Gasteiger partial charge is 0.161 e. The van der Waals surface area contributed by atoms with E-state index in [-0.39, 0.29) is 0 Å². The number of hydrogen-bond donors (Lipinski definition) is 0. The van der Waals surface area contributed by atoms with Crippen molar-refractivity contribution in [1.82, 2.24) is 4.90 Å². The summed E-state index contributed by atoms with van der Waals surface area (Å²) in [5, 5.41) is 0.755. The zero-order valence-corrected chi connectivity index (χ0v) is 20.1. The van der Waals surface area contributed by atoms with Crippen LogP contribution in [0.25, 0.3) is 0 Å². The van der Waals surface area contributed by atoms with E-state index in [9.17, 15) is 0 Å². The lowest BCUT2D eigenvalue weighted by Gasteiger charge is -2.29. The van der Waals surface area contributed by atoms with E-state index in [1.165, 1.54) is 33.6 Å². The molecule has 32 heavy (non-hydrogen) atoms. The summed E-state index contributed by atoms with van der Waals surface area (Å²) >= 11 is 6.50. The molecule has 168 valence electrons. The Labute approximate surface area is 196 Å². The number of para-hydroxylation sites is 1. The molecule has 0 fully saturated rings. The molecule has 0 unspecified atom stereocenters. The second kappa shape index (κ2) is 9.85. The van der Waals surface area contributed by atoms with Crippen LogP contribution in [0.1, 0.15) is 28.7 Å². The van der Waals surface area contributed by atoms with Crippen molar-refractivity contribution in [3.63, 3.8) is 0 Å². The molecule has 1 heterocycles. The van der Waals surface area contributed by atoms with Crippen LogP contribution in [0.4, 0.5) is 11.4 Å². The molecule has 0 spiro atoms. The highest BCUT2D eigenvalue weighted by atomic mass is 35.5. The molecule has 4 rings (SSSR count). The predicted molar refractivity (Wildman–Crippen MR) is 133 cm³/mol. The Balaban J connectivity index is 1.90. The summed E-state index contributed by atoms with van der Waals surface area (Å²) in [5.74, 6) is 1.53. The molecule has 1 aliphatic rings. The van der Waals surface area contributed by atoms with Gasteiger partial charge < -0.3 is 19.3 Å². The Morgan fingerprint density at radius 2 is 1.44 bits per heavy atom. The Kier molecular flexibility index (Phi) is 6.92. The van der Waals surface area contributed by atoms with Gasteiger partial charge in [-0.05, 0) is 92.5 Å². The van der Waals surface area contributed by atoms with Crippen LogP contribution < -0.4 is 14.4 Å². The van der Waals surface area contributed by atoms with Gasteiger partial charge in [0.1, 0.15) is 0 Å². The molecule has 3 aromatic rings. The van der Waals surface area contributed by atoms with Crippen LogP contribution in [0, 0.1) is 0 Å². The second-order valence-corrected chi connectivity index (χ2v) is 8.98. The number of nitrogens with zero attached hydrogens (tertiary/aromatic N) is 2. The monoisotopic (exact) mass is 450 g/mol. The van der Waals surface area contributed by atoms with Gasteiger partial charge in [0.25, 0.3) is 0 Å². The van der Waals surface area contributed by atoms with E-state index in [0.29, 0.717) is 0 Å². The van der Waals surface area contributed by atoms with Gasteiger partial charge in [-0.1, -0.05) is 35.9 Å². The first-order chi connectivity index (χ1) is 15.5. The average Bonchev–Trinajstić information content (AvgIpc) is 2.83. The van der Waals surface area contributed by atoms with Crippen molar-refractivity contribution >= 4 is 23.0 Å². The molecule has 0 bridgehead atoms. The number of rotatable bonds is 6. The molecule has 0 atom stereocenters. The molecule has 3 aromatic carbocycles. The van der Waals surface area contributed by atoms with Crippen molar-refractivity contribution in [2.75, 3.05) is 46.3 Å². The number of fused-ring (bicyclic) bond motifs is 3. The van der Waals surface area contributed by atoms with E-state index >= 15 is 0 Å². The molecule has 0 saturated carbocycles. The number of halogens is 1. The number of anilines is 2. The van der Waals surface area contributed by atoms with E-state index in [1.54, 1.807) is 14.2 Å². The van der Waals surface area contributed by atoms with Gasteiger partial charge in [-0.3, -0.25) is 0 Å². The SMILES string of the molecule is COc1cc2c(cc1OC)Cc1ccc(Cl)cc1N(CCCN(C)C)c1ccccc1C2. The summed E-state index contributed by atoms with van der Waals surface area (Å²) in [4.78, 5) is 4.68. The van der Waals surface area contributed by atoms with E-state index in [1.807, 2.05) is 6.07 Å². The highest BCUT2D eigenvalue weighted by Gasteiger charge is 2.22. The van der Waals surface area contributed by atoms with Crippen LogP contribution in [-0.2, 0) is 12.8 Å². The molecule has 5 heteroatoms. The first-order valence-electron chi connectivity index (χ1n) is 11.0. The Morgan fingerprint density at radius 1 is 0.812 bits per heavy atom. The standard InChI is InChI=1S/C27H31ClN2O2/c1-29(2)12-7-13-30-24-9-6-5-8-19(24)14-21-16-26(31-3)27(32-4)17-22(21)15-20-10-11-23(28)18-25(20)30/h5-6,8-11,16-18H,7,12-15H2,1-4H3. The van der Waals surface area contributed by atoms with Gasteiger partial charge in [0.15, 0.2) is 11.5 Å². The Morgan fingerprint density at radius 3 is 2.06 bits per heavy atom. The van der Waals surface area contributed by atoms with E-state index in [2.05, 4.69) is 72.4 Å². The Hall–Kier alpha value is -2.69. The summed E-state index contributed by atoms with van der Waals surface area (Å²) in [6.07, 6.45) is 2.69. The molecule has 0 N–H and O–H groups in total. The third-order valence-corrected chi connectivity index (χ3v) is 6.31. The van der Waals surface area contributed by atoms with Gasteiger partial charge in [0, 0.05) is 22.9 Å². The lowest BCUT2D eigenvalue weighted by atomic mass is 9.94. The topological polar surface area (TPSA) is 24.9 Å². The van der Waals surface area contributed by atoms with Gasteiger partial charge in [0.05, 0.1) is 14.2 Å². The summed E-state index contributed by atoms with van der Waals surface area (Å²) < 4.78 is 11.2. The van der Waals surface area contributed by atoms with Crippen molar-refractivity contribution in [3.8, 4) is 11.5 Å². The van der Waals surface area contributed by atoms with Gasteiger partial charge in [0.2, 0.25) is 0 Å². The summed E-state index contributed by atoms with van der Waals surface area (Å²) in [6.45, 7) is 1.95. The maximum absolute atomic E-state index is 6.50. The highest BCUT2D eigenvalue weighted by Crippen LogP contribution is 2.40. The molecular weight excluding hydrogens is 420 g/mol. The quantitative estimate of drug-likeness (QED) is 0.463. The fourth-order valence-corrected chi connectivity index (χ4v) is 4.65. The van der Waals surface area contributed by atoms with Gasteiger partial charge in [-0.2, -0.15) is 0 Å². The van der Waals surface area contributed by atoms with Gasteiger partial charge in [-0.15, -0.1) is 0 Å². The molecule has 0 aromatic heterocycles. The third kappa shape index (κ3) is 4.72. The maximum atomic E-state index is 6.50. The van der Waals surface area contributed by atoms with Crippen molar-refractivity contribution in [1.29, 1.82) is 0 Å². The van der Waals surface area contributed by atoms with E-state index in [0.717, 1.165) is 48.9 Å². The molecule has 0 aliphatic carbocycles. The summed E-state index contributed by atoms with van der Waals surface area (Å²) in [7, 11) is 7.62. The van der Waals surface area contributed by atoms with Crippen LogP contribution in [-0.4, -0.2) is 46.3 Å². The average molecular weight is 451 g/mol. The molecule has 4 nitrogen and oxygen atoms in total. The maximum Gasteiger partial charge on any atom is 0.161 e. The van der Waals surface area contributed by atoms with Crippen LogP contribution in [0.3, 0.4) is 0 Å². The molecule has 1 aliphatic heterocycles. The number of hydrogen-bond acceptors (Lipinski definition) is 4. The van der Waals surface area contributed by atoms with Crippen LogP contribution in [0.15, 0.2) is 54.6 Å². The summed E-state index contributed by atoms with van der Waals surface area (Å²) in [6, 6.07) is 19.2. The van der Waals surface area contributed by atoms with Crippen LogP contribution in [0.5, 0.6) is 11.5 Å². The van der Waals surface area contributed by atoms with E-state index < -0.39 is 0 Å². The highest BCUT2D eigenvalue weighted by molar-refractivity contribution is 6.30. The van der Waals surface area contributed by atoms with Gasteiger partial charge >= 0.3 is 0 Å².